The molecule has 2 rings (SSSR count). The van der Waals surface area contributed by atoms with Crippen molar-refractivity contribution in [1.82, 2.24) is 0 Å². The van der Waals surface area contributed by atoms with Crippen molar-refractivity contribution in [1.29, 1.82) is 0 Å². The molecule has 0 aromatic heterocycles. The number of benzene rings is 2. The molecule has 0 bridgehead atoms. The number of aryl methyl sites for hydroxylation is 4. The maximum atomic E-state index is 4.73. The Morgan fingerprint density at radius 2 is 0.750 bits per heavy atom. The van der Waals surface area contributed by atoms with Gasteiger partial charge >= 0.3 is 0 Å². The fraction of sp³-hybridized carbons (Fsp3) is 0.533. The van der Waals surface area contributed by atoms with E-state index < -0.39 is 0 Å². The van der Waals surface area contributed by atoms with Crippen LogP contribution in [0.1, 0.15) is 101 Å². The Hall–Kier alpha value is -2.22. The summed E-state index contributed by atoms with van der Waals surface area (Å²) in [5.41, 5.74) is 7.75. The van der Waals surface area contributed by atoms with Crippen LogP contribution in [-0.2, 0) is 25.7 Å². The second-order valence-corrected chi connectivity index (χ2v) is 8.99. The molecule has 0 heterocycles. The standard InChI is InChI=1S/C30H44N2/c1-5-9-13-25-19-26(14-10-6-2)22-29(21-25)31-17-18-32-30-23-27(15-11-7-3)20-28(24-30)16-12-8-4/h17-24H,5-16H2,1-4H3. The first-order chi connectivity index (χ1) is 15.7. The third kappa shape index (κ3) is 9.94. The molecule has 2 nitrogen and oxygen atoms in total. The molecule has 2 aromatic carbocycles. The molecule has 0 N–H and O–H groups in total. The zero-order valence-corrected chi connectivity index (χ0v) is 21.0. The summed E-state index contributed by atoms with van der Waals surface area (Å²) in [6, 6.07) is 13.7. The van der Waals surface area contributed by atoms with Gasteiger partial charge in [0.1, 0.15) is 0 Å². The van der Waals surface area contributed by atoms with Crippen molar-refractivity contribution in [3.63, 3.8) is 0 Å². The maximum absolute atomic E-state index is 4.73. The van der Waals surface area contributed by atoms with Gasteiger partial charge in [-0.2, -0.15) is 0 Å². The van der Waals surface area contributed by atoms with E-state index in [1.165, 1.54) is 73.6 Å². The normalized spacial score (nSPS) is 11.8. The minimum absolute atomic E-state index is 1.05. The van der Waals surface area contributed by atoms with Gasteiger partial charge in [-0.05, 0) is 97.9 Å². The van der Waals surface area contributed by atoms with Crippen molar-refractivity contribution < 1.29 is 0 Å². The van der Waals surface area contributed by atoms with E-state index >= 15 is 0 Å². The second kappa shape index (κ2) is 15.6. The summed E-state index contributed by atoms with van der Waals surface area (Å²) >= 11 is 0. The predicted molar refractivity (Wildman–Crippen MR) is 144 cm³/mol. The van der Waals surface area contributed by atoms with Gasteiger partial charge in [-0.15, -0.1) is 0 Å². The molecule has 32 heavy (non-hydrogen) atoms. The predicted octanol–water partition coefficient (Wildman–Crippen LogP) is 9.16. The van der Waals surface area contributed by atoms with E-state index in [0.29, 0.717) is 0 Å². The molecule has 0 fully saturated rings. The number of unbranched alkanes of at least 4 members (excludes halogenated alkanes) is 4. The SMILES string of the molecule is CCCCc1cc(CCCC)cc(N=CC=Nc2cc(CCCC)cc(CCCC)c2)c1. The Bertz CT molecular complexity index is 724. The molecule has 0 saturated carbocycles. The second-order valence-electron chi connectivity index (χ2n) is 8.99. The van der Waals surface area contributed by atoms with Crippen LogP contribution in [0, 0.1) is 0 Å². The van der Waals surface area contributed by atoms with E-state index in [1.54, 1.807) is 0 Å². The molecule has 0 aliphatic rings. The van der Waals surface area contributed by atoms with Crippen LogP contribution in [0.25, 0.3) is 0 Å². The topological polar surface area (TPSA) is 24.7 Å². The van der Waals surface area contributed by atoms with Crippen molar-refractivity contribution >= 4 is 23.8 Å². The van der Waals surface area contributed by atoms with Gasteiger partial charge < -0.3 is 0 Å². The van der Waals surface area contributed by atoms with Gasteiger partial charge in [0.05, 0.1) is 11.4 Å². The quantitative estimate of drug-likeness (QED) is 0.251. The Morgan fingerprint density at radius 3 is 1.00 bits per heavy atom. The Kier molecular flexibility index (Phi) is 12.7. The highest BCUT2D eigenvalue weighted by Gasteiger charge is 2.02. The van der Waals surface area contributed by atoms with E-state index in [0.717, 1.165) is 37.1 Å². The van der Waals surface area contributed by atoms with Crippen LogP contribution < -0.4 is 0 Å². The van der Waals surface area contributed by atoms with Crippen LogP contribution in [0.4, 0.5) is 11.4 Å². The summed E-state index contributed by atoms with van der Waals surface area (Å²) < 4.78 is 0. The molecular weight excluding hydrogens is 388 g/mol. The van der Waals surface area contributed by atoms with Crippen LogP contribution in [0.5, 0.6) is 0 Å². The Labute approximate surface area is 197 Å². The van der Waals surface area contributed by atoms with Gasteiger partial charge in [0.25, 0.3) is 0 Å². The van der Waals surface area contributed by atoms with E-state index in [1.807, 2.05) is 12.4 Å². The summed E-state index contributed by atoms with van der Waals surface area (Å²) in [5, 5.41) is 0. The van der Waals surface area contributed by atoms with Crippen LogP contribution in [0.3, 0.4) is 0 Å². The van der Waals surface area contributed by atoms with Crippen molar-refractivity contribution in [2.45, 2.75) is 105 Å². The highest BCUT2D eigenvalue weighted by atomic mass is 14.8. The van der Waals surface area contributed by atoms with Crippen molar-refractivity contribution in [3.8, 4) is 0 Å². The van der Waals surface area contributed by atoms with E-state index in [9.17, 15) is 0 Å². The van der Waals surface area contributed by atoms with Crippen LogP contribution in [-0.4, -0.2) is 12.4 Å². The van der Waals surface area contributed by atoms with Gasteiger partial charge in [-0.3, -0.25) is 9.98 Å². The molecule has 174 valence electrons. The van der Waals surface area contributed by atoms with Gasteiger partial charge in [-0.1, -0.05) is 65.5 Å². The minimum atomic E-state index is 1.05. The average Bonchev–Trinajstić information content (AvgIpc) is 2.81. The zero-order chi connectivity index (χ0) is 23.0. The molecule has 2 aromatic rings. The van der Waals surface area contributed by atoms with Gasteiger partial charge in [-0.25, -0.2) is 0 Å². The smallest absolute Gasteiger partial charge is 0.0635 e. The fourth-order valence-corrected chi connectivity index (χ4v) is 3.97. The molecule has 0 aliphatic heterocycles. The summed E-state index contributed by atoms with van der Waals surface area (Å²) in [6.45, 7) is 9.01. The number of hydrogen-bond donors (Lipinski definition) is 0. The lowest BCUT2D eigenvalue weighted by atomic mass is 10.0. The minimum Gasteiger partial charge on any atom is -0.255 e. The maximum Gasteiger partial charge on any atom is 0.0635 e. The molecule has 2 heteroatoms. The number of hydrogen-bond acceptors (Lipinski definition) is 2. The third-order valence-electron chi connectivity index (χ3n) is 5.86. The van der Waals surface area contributed by atoms with Crippen LogP contribution in [0.15, 0.2) is 46.4 Å². The molecule has 0 spiro atoms. The first kappa shape index (κ1) is 26.0. The summed E-state index contributed by atoms with van der Waals surface area (Å²) in [4.78, 5) is 9.46. The molecule has 0 saturated heterocycles. The van der Waals surface area contributed by atoms with Gasteiger partial charge in [0.2, 0.25) is 0 Å². The largest absolute Gasteiger partial charge is 0.255 e. The van der Waals surface area contributed by atoms with E-state index in [4.69, 9.17) is 9.98 Å². The van der Waals surface area contributed by atoms with Gasteiger partial charge in [0.15, 0.2) is 0 Å². The molecule has 0 amide bonds. The van der Waals surface area contributed by atoms with E-state index in [-0.39, 0.29) is 0 Å². The van der Waals surface area contributed by atoms with Gasteiger partial charge in [0, 0.05) is 12.4 Å². The van der Waals surface area contributed by atoms with Crippen molar-refractivity contribution in [2.24, 2.45) is 9.98 Å². The van der Waals surface area contributed by atoms with Crippen molar-refractivity contribution in [3.05, 3.63) is 58.7 Å². The Morgan fingerprint density at radius 1 is 0.469 bits per heavy atom. The molecule has 0 unspecified atom stereocenters. The first-order valence-electron chi connectivity index (χ1n) is 13.0. The summed E-state index contributed by atoms with van der Waals surface area (Å²) in [6.07, 6.45) is 18.1. The molecule has 0 aliphatic carbocycles. The summed E-state index contributed by atoms with van der Waals surface area (Å²) in [5.74, 6) is 0. The summed E-state index contributed by atoms with van der Waals surface area (Å²) in [7, 11) is 0. The highest BCUT2D eigenvalue weighted by molar-refractivity contribution is 6.17. The molecular formula is C30H44N2. The lowest BCUT2D eigenvalue weighted by molar-refractivity contribution is 0.780. The van der Waals surface area contributed by atoms with Crippen molar-refractivity contribution in [2.75, 3.05) is 0 Å². The lowest BCUT2D eigenvalue weighted by Gasteiger charge is -2.07. The number of rotatable bonds is 15. The average molecular weight is 433 g/mol. The first-order valence-corrected chi connectivity index (χ1v) is 13.0. The monoisotopic (exact) mass is 432 g/mol. The highest BCUT2D eigenvalue weighted by Crippen LogP contribution is 2.22. The molecule has 0 radical (unpaired) electrons. The number of aliphatic imine (C=N–C) groups is 2. The molecule has 0 atom stereocenters. The van der Waals surface area contributed by atoms with Crippen LogP contribution in [0.2, 0.25) is 0 Å². The number of nitrogens with zero attached hydrogens (tertiary/aromatic N) is 2. The van der Waals surface area contributed by atoms with E-state index in [2.05, 4.69) is 64.1 Å². The Balaban J connectivity index is 2.15. The fourth-order valence-electron chi connectivity index (χ4n) is 3.97. The zero-order valence-electron chi connectivity index (χ0n) is 21.0. The third-order valence-corrected chi connectivity index (χ3v) is 5.86. The lowest BCUT2D eigenvalue weighted by Crippen LogP contribution is -1.91. The van der Waals surface area contributed by atoms with Crippen LogP contribution >= 0.6 is 0 Å².